The fourth-order valence-electron chi connectivity index (χ4n) is 3.41. The van der Waals surface area contributed by atoms with Crippen molar-refractivity contribution in [2.24, 2.45) is 4.40 Å². The molecule has 0 unspecified atom stereocenters. The first-order valence-electron chi connectivity index (χ1n) is 11.9. The summed E-state index contributed by atoms with van der Waals surface area (Å²) in [7, 11) is -4.02. The summed E-state index contributed by atoms with van der Waals surface area (Å²) in [6.07, 6.45) is 0. The van der Waals surface area contributed by atoms with E-state index >= 15 is 0 Å². The Bertz CT molecular complexity index is 1310. The van der Waals surface area contributed by atoms with Crippen LogP contribution < -0.4 is 4.72 Å². The van der Waals surface area contributed by atoms with E-state index in [-0.39, 0.29) is 10.8 Å². The largest absolute Gasteiger partial charge is 0.483 e. The molecule has 0 heterocycles. The molecule has 1 N–H and O–H groups in total. The molecular weight excluding hydrogens is 525 g/mol. The molecule has 0 radical (unpaired) electrons. The van der Waals surface area contributed by atoms with Gasteiger partial charge in [-0.1, -0.05) is 78.4 Å². The van der Waals surface area contributed by atoms with Gasteiger partial charge in [-0.2, -0.15) is 4.40 Å². The quantitative estimate of drug-likeness (QED) is 0.250. The topological polar surface area (TPSA) is 84.8 Å². The summed E-state index contributed by atoms with van der Waals surface area (Å²) < 4.78 is 52.5. The van der Waals surface area contributed by atoms with Gasteiger partial charge in [0.15, 0.2) is 0 Å². The summed E-state index contributed by atoms with van der Waals surface area (Å²) in [5.74, 6) is 0.792. The van der Waals surface area contributed by atoms with Crippen LogP contribution in [0.2, 0.25) is 0 Å². The standard InChI is InChI=1S/C28H34N2O4S3/c1-21-16-18-24(19-17-21)37(32,33)30-25(23-14-10-7-11-15-23)26(35-20-22-12-8-6-9-13-22)27(34-5)29-36(31)28(2,3)4/h6-19,25-26,30H,20H2,1-5H3/b29-27+/t25-,26-,36-/m1/s1. The molecule has 0 bridgehead atoms. The molecular formula is C28H34N2O4S3. The second kappa shape index (κ2) is 12.9. The molecule has 6 nitrogen and oxygen atoms in total. The lowest BCUT2D eigenvalue weighted by Crippen LogP contribution is -2.40. The minimum absolute atomic E-state index is 0.167. The maximum absolute atomic E-state index is 13.5. The third-order valence-corrected chi connectivity index (χ3v) is 9.68. The molecule has 0 fully saturated rings. The van der Waals surface area contributed by atoms with Crippen LogP contribution in [0.15, 0.2) is 94.2 Å². The van der Waals surface area contributed by atoms with E-state index < -0.39 is 37.0 Å². The molecule has 37 heavy (non-hydrogen) atoms. The Morgan fingerprint density at radius 3 is 2.08 bits per heavy atom. The van der Waals surface area contributed by atoms with Gasteiger partial charge in [0.25, 0.3) is 0 Å². The molecule has 198 valence electrons. The van der Waals surface area contributed by atoms with E-state index in [4.69, 9.17) is 4.74 Å². The van der Waals surface area contributed by atoms with Crippen LogP contribution in [0, 0.1) is 6.92 Å². The van der Waals surface area contributed by atoms with Gasteiger partial charge in [-0.05, 0) is 51.0 Å². The van der Waals surface area contributed by atoms with Crippen molar-refractivity contribution < 1.29 is 17.4 Å². The number of hydrogen-bond acceptors (Lipinski definition) is 5. The summed E-state index contributed by atoms with van der Waals surface area (Å²) in [5.41, 5.74) is 2.78. The molecule has 0 aliphatic rings. The molecule has 0 saturated carbocycles. The van der Waals surface area contributed by atoms with Gasteiger partial charge < -0.3 is 4.74 Å². The Labute approximate surface area is 227 Å². The first-order valence-corrected chi connectivity index (χ1v) is 15.5. The van der Waals surface area contributed by atoms with Crippen LogP contribution in [-0.2, 0) is 31.5 Å². The van der Waals surface area contributed by atoms with E-state index in [9.17, 15) is 12.6 Å². The SMILES string of the molecule is CO/C(=N/[S@](=O)C(C)(C)C)[C@H](SCc1ccccc1)[C@H](NS(=O)(=O)c1ccc(C)cc1)c1ccccc1. The van der Waals surface area contributed by atoms with Crippen LogP contribution in [0.5, 0.6) is 0 Å². The average Bonchev–Trinajstić information content (AvgIpc) is 2.88. The zero-order valence-electron chi connectivity index (χ0n) is 21.7. The molecule has 0 aliphatic heterocycles. The minimum atomic E-state index is -3.90. The van der Waals surface area contributed by atoms with Crippen molar-refractivity contribution in [1.82, 2.24) is 4.72 Å². The third kappa shape index (κ3) is 8.26. The Hall–Kier alpha value is -2.46. The van der Waals surface area contributed by atoms with E-state index in [1.54, 1.807) is 24.3 Å². The number of sulfonamides is 1. The van der Waals surface area contributed by atoms with E-state index in [1.165, 1.54) is 18.9 Å². The Kier molecular flexibility index (Phi) is 10.1. The van der Waals surface area contributed by atoms with Gasteiger partial charge >= 0.3 is 0 Å². The predicted molar refractivity (Wildman–Crippen MR) is 155 cm³/mol. The molecule has 0 amide bonds. The normalized spacial score (nSPS) is 15.1. The van der Waals surface area contributed by atoms with Crippen molar-refractivity contribution in [3.8, 4) is 0 Å². The van der Waals surface area contributed by atoms with Crippen LogP contribution in [0.4, 0.5) is 0 Å². The maximum atomic E-state index is 13.5. The number of ether oxygens (including phenoxy) is 1. The molecule has 3 aromatic carbocycles. The first kappa shape index (κ1) is 29.1. The van der Waals surface area contributed by atoms with Gasteiger partial charge in [0.1, 0.15) is 16.2 Å². The number of nitrogens with zero attached hydrogens (tertiary/aromatic N) is 1. The number of aryl methyl sites for hydroxylation is 1. The molecule has 0 spiro atoms. The number of hydrogen-bond donors (Lipinski definition) is 1. The molecule has 0 aromatic heterocycles. The molecule has 3 aromatic rings. The second-order valence-corrected chi connectivity index (χ2v) is 14.3. The van der Waals surface area contributed by atoms with E-state index in [1.807, 2.05) is 88.4 Å². The summed E-state index contributed by atoms with van der Waals surface area (Å²) in [4.78, 5) is 0.167. The van der Waals surface area contributed by atoms with Crippen molar-refractivity contribution in [2.75, 3.05) is 7.11 Å². The lowest BCUT2D eigenvalue weighted by Gasteiger charge is -2.29. The number of benzene rings is 3. The van der Waals surface area contributed by atoms with Crippen LogP contribution >= 0.6 is 11.8 Å². The molecule has 3 atom stereocenters. The van der Waals surface area contributed by atoms with Gasteiger partial charge in [0, 0.05) is 5.75 Å². The van der Waals surface area contributed by atoms with Crippen LogP contribution in [0.3, 0.4) is 0 Å². The molecule has 3 rings (SSSR count). The highest BCUT2D eigenvalue weighted by Gasteiger charge is 2.35. The van der Waals surface area contributed by atoms with Gasteiger partial charge in [0.2, 0.25) is 15.9 Å². The minimum Gasteiger partial charge on any atom is -0.483 e. The second-order valence-electron chi connectivity index (χ2n) is 9.54. The number of thioether (sulfide) groups is 1. The van der Waals surface area contributed by atoms with E-state index in [0.717, 1.165) is 16.7 Å². The zero-order valence-corrected chi connectivity index (χ0v) is 24.2. The maximum Gasteiger partial charge on any atom is 0.241 e. The average molecular weight is 559 g/mol. The summed E-state index contributed by atoms with van der Waals surface area (Å²) in [5, 5.41) is -0.598. The summed E-state index contributed by atoms with van der Waals surface area (Å²) in [6, 6.07) is 25.2. The van der Waals surface area contributed by atoms with Crippen molar-refractivity contribution in [1.29, 1.82) is 0 Å². The highest BCUT2D eigenvalue weighted by atomic mass is 32.2. The van der Waals surface area contributed by atoms with Crippen molar-refractivity contribution in [3.05, 3.63) is 102 Å². The smallest absolute Gasteiger partial charge is 0.241 e. The van der Waals surface area contributed by atoms with Gasteiger partial charge in [-0.15, -0.1) is 11.8 Å². The van der Waals surface area contributed by atoms with E-state index in [0.29, 0.717) is 5.75 Å². The van der Waals surface area contributed by atoms with Gasteiger partial charge in [0.05, 0.1) is 22.8 Å². The van der Waals surface area contributed by atoms with Gasteiger partial charge in [-0.3, -0.25) is 0 Å². The fraction of sp³-hybridized carbons (Fsp3) is 0.321. The number of rotatable bonds is 10. The fourth-order valence-corrected chi connectivity index (χ4v) is 6.70. The van der Waals surface area contributed by atoms with E-state index in [2.05, 4.69) is 9.12 Å². The summed E-state index contributed by atoms with van der Waals surface area (Å²) in [6.45, 7) is 7.41. The Morgan fingerprint density at radius 1 is 0.973 bits per heavy atom. The molecule has 9 heteroatoms. The third-order valence-electron chi connectivity index (χ3n) is 5.50. The molecule has 0 aliphatic carbocycles. The van der Waals surface area contributed by atoms with Crippen LogP contribution in [0.25, 0.3) is 0 Å². The molecule has 0 saturated heterocycles. The van der Waals surface area contributed by atoms with Crippen molar-refractivity contribution in [2.45, 2.75) is 54.4 Å². The Morgan fingerprint density at radius 2 is 1.54 bits per heavy atom. The monoisotopic (exact) mass is 558 g/mol. The highest BCUT2D eigenvalue weighted by molar-refractivity contribution is 8.00. The van der Waals surface area contributed by atoms with Gasteiger partial charge in [-0.25, -0.2) is 17.3 Å². The van der Waals surface area contributed by atoms with Crippen molar-refractivity contribution >= 4 is 38.7 Å². The highest BCUT2D eigenvalue weighted by Crippen LogP contribution is 2.33. The Balaban J connectivity index is 2.10. The summed E-state index contributed by atoms with van der Waals surface area (Å²) >= 11 is 1.48. The number of methoxy groups -OCH3 is 1. The zero-order chi connectivity index (χ0) is 27.1. The van der Waals surface area contributed by atoms with Crippen LogP contribution in [-0.4, -0.2) is 35.6 Å². The number of nitrogens with one attached hydrogen (secondary N) is 1. The predicted octanol–water partition coefficient (Wildman–Crippen LogP) is 5.82. The lowest BCUT2D eigenvalue weighted by molar-refractivity contribution is 0.386. The van der Waals surface area contributed by atoms with Crippen LogP contribution in [0.1, 0.15) is 43.5 Å². The van der Waals surface area contributed by atoms with Crippen molar-refractivity contribution in [3.63, 3.8) is 0 Å². The first-order chi connectivity index (χ1) is 17.5. The lowest BCUT2D eigenvalue weighted by atomic mass is 10.0.